The highest BCUT2D eigenvalue weighted by atomic mass is 16.2. The Balaban J connectivity index is 1.91. The van der Waals surface area contributed by atoms with E-state index < -0.39 is 12.0 Å². The molecule has 1 aliphatic carbocycles. The second-order valence-corrected chi connectivity index (χ2v) is 8.19. The molecule has 1 saturated carbocycles. The van der Waals surface area contributed by atoms with Crippen LogP contribution in [0.4, 0.5) is 0 Å². The number of rotatable bonds is 11. The van der Waals surface area contributed by atoms with E-state index in [1.807, 2.05) is 30.3 Å². The van der Waals surface area contributed by atoms with Crippen LogP contribution in [0.3, 0.4) is 0 Å². The van der Waals surface area contributed by atoms with Gasteiger partial charge >= 0.3 is 0 Å². The zero-order chi connectivity index (χ0) is 22.6. The summed E-state index contributed by atoms with van der Waals surface area (Å²) in [5.74, 6) is -0.949. The topological polar surface area (TPSA) is 131 Å². The van der Waals surface area contributed by atoms with Crippen LogP contribution in [0.1, 0.15) is 44.1 Å². The molecule has 0 heterocycles. The van der Waals surface area contributed by atoms with Crippen molar-refractivity contribution >= 4 is 24.1 Å². The maximum Gasteiger partial charge on any atom is 0.226 e. The van der Waals surface area contributed by atoms with Crippen molar-refractivity contribution in [2.45, 2.75) is 51.0 Å². The van der Waals surface area contributed by atoms with Crippen LogP contribution in [0.2, 0.25) is 0 Å². The van der Waals surface area contributed by atoms with Crippen LogP contribution in [0.15, 0.2) is 35.3 Å². The first-order chi connectivity index (χ1) is 14.9. The van der Waals surface area contributed by atoms with Crippen molar-refractivity contribution < 1.29 is 14.4 Å². The van der Waals surface area contributed by atoms with E-state index >= 15 is 0 Å². The van der Waals surface area contributed by atoms with Crippen molar-refractivity contribution in [1.29, 1.82) is 0 Å². The monoisotopic (exact) mass is 429 g/mol. The molecule has 0 aliphatic heterocycles. The Hall–Kier alpha value is -2.90. The van der Waals surface area contributed by atoms with Gasteiger partial charge < -0.3 is 26.5 Å². The first-order valence-electron chi connectivity index (χ1n) is 11.0. The molecule has 2 rings (SSSR count). The van der Waals surface area contributed by atoms with Gasteiger partial charge in [-0.25, -0.2) is 0 Å². The smallest absolute Gasteiger partial charge is 0.226 e. The van der Waals surface area contributed by atoms with Gasteiger partial charge in [-0.15, -0.1) is 0 Å². The summed E-state index contributed by atoms with van der Waals surface area (Å²) in [5.41, 5.74) is 11.8. The highest BCUT2D eigenvalue weighted by molar-refractivity contribution is 5.89. The average molecular weight is 430 g/mol. The zero-order valence-electron chi connectivity index (χ0n) is 18.3. The maximum atomic E-state index is 13.1. The van der Waals surface area contributed by atoms with Gasteiger partial charge in [-0.2, -0.15) is 0 Å². The van der Waals surface area contributed by atoms with Crippen LogP contribution in [-0.4, -0.2) is 55.1 Å². The third-order valence-electron chi connectivity index (χ3n) is 5.83. The summed E-state index contributed by atoms with van der Waals surface area (Å²) in [5, 5.41) is 2.82. The number of likely N-dealkylation sites (N-methyl/N-ethyl adjacent to an activating group) is 1. The molecular weight excluding hydrogens is 394 g/mol. The lowest BCUT2D eigenvalue weighted by molar-refractivity contribution is -0.143. The van der Waals surface area contributed by atoms with Gasteiger partial charge in [0.05, 0.1) is 6.04 Å². The van der Waals surface area contributed by atoms with Crippen LogP contribution in [-0.2, 0) is 20.8 Å². The molecule has 2 amide bonds. The van der Waals surface area contributed by atoms with Gasteiger partial charge in [-0.05, 0) is 37.7 Å². The summed E-state index contributed by atoms with van der Waals surface area (Å²) < 4.78 is 0. The minimum Gasteiger partial charge on any atom is -0.370 e. The second kappa shape index (κ2) is 12.7. The number of benzene rings is 1. The van der Waals surface area contributed by atoms with Crippen molar-refractivity contribution in [3.63, 3.8) is 0 Å². The lowest BCUT2D eigenvalue weighted by Crippen LogP contribution is -2.47. The Morgan fingerprint density at radius 1 is 1.19 bits per heavy atom. The standard InChI is InChI=1S/C23H35N5O3/c1-28(15-13-17-8-3-2-4-9-17)22(31)20-12-6-5-11-19(20)21(30)27-18(16-29)10-7-14-26-23(24)25/h2-4,8-9,16,18-20H,5-7,10-15H2,1H3,(H,27,30)(H4,24,25,26)/t18-,19+,20-/m1/s1. The molecule has 0 bridgehead atoms. The Labute approximate surface area is 184 Å². The van der Waals surface area contributed by atoms with E-state index in [0.29, 0.717) is 38.8 Å². The van der Waals surface area contributed by atoms with Crippen molar-refractivity contribution in [2.24, 2.45) is 28.3 Å². The molecule has 1 aliphatic rings. The molecule has 0 saturated heterocycles. The van der Waals surface area contributed by atoms with Gasteiger partial charge in [0.2, 0.25) is 11.8 Å². The summed E-state index contributed by atoms with van der Waals surface area (Å²) in [6, 6.07) is 9.43. The molecule has 0 spiro atoms. The number of carbonyl (C=O) groups excluding carboxylic acids is 3. The quantitative estimate of drug-likeness (QED) is 0.211. The molecule has 0 radical (unpaired) electrons. The molecule has 1 aromatic rings. The summed E-state index contributed by atoms with van der Waals surface area (Å²) >= 11 is 0. The van der Waals surface area contributed by atoms with Crippen LogP contribution >= 0.6 is 0 Å². The molecule has 1 fully saturated rings. The predicted molar refractivity (Wildman–Crippen MR) is 121 cm³/mol. The van der Waals surface area contributed by atoms with Gasteiger partial charge in [-0.1, -0.05) is 43.2 Å². The lowest BCUT2D eigenvalue weighted by atomic mass is 9.77. The molecule has 0 unspecified atom stereocenters. The fraction of sp³-hybridized carbons (Fsp3) is 0.565. The van der Waals surface area contributed by atoms with E-state index in [1.54, 1.807) is 11.9 Å². The Morgan fingerprint density at radius 2 is 1.87 bits per heavy atom. The molecule has 170 valence electrons. The number of hydrogen-bond acceptors (Lipinski definition) is 4. The number of aliphatic imine (C=N–C) groups is 1. The lowest BCUT2D eigenvalue weighted by Gasteiger charge is -2.33. The number of nitrogens with zero attached hydrogens (tertiary/aromatic N) is 2. The number of aldehydes is 1. The van der Waals surface area contributed by atoms with E-state index in [9.17, 15) is 14.4 Å². The molecule has 8 nitrogen and oxygen atoms in total. The first kappa shape index (κ1) is 24.4. The third kappa shape index (κ3) is 8.03. The van der Waals surface area contributed by atoms with Crippen LogP contribution in [0.25, 0.3) is 0 Å². The molecule has 8 heteroatoms. The van der Waals surface area contributed by atoms with E-state index in [1.165, 1.54) is 5.56 Å². The highest BCUT2D eigenvalue weighted by Crippen LogP contribution is 2.31. The zero-order valence-corrected chi connectivity index (χ0v) is 18.3. The van der Waals surface area contributed by atoms with Gasteiger partial charge in [0, 0.05) is 32.0 Å². The van der Waals surface area contributed by atoms with Crippen molar-refractivity contribution in [2.75, 3.05) is 20.1 Å². The van der Waals surface area contributed by atoms with Gasteiger partial charge in [0.1, 0.15) is 6.29 Å². The van der Waals surface area contributed by atoms with Crippen LogP contribution in [0, 0.1) is 11.8 Å². The summed E-state index contributed by atoms with van der Waals surface area (Å²) in [7, 11) is 1.80. The largest absolute Gasteiger partial charge is 0.370 e. The van der Waals surface area contributed by atoms with Crippen LogP contribution < -0.4 is 16.8 Å². The van der Waals surface area contributed by atoms with E-state index in [2.05, 4.69) is 10.3 Å². The van der Waals surface area contributed by atoms with E-state index in [-0.39, 0.29) is 23.7 Å². The summed E-state index contributed by atoms with van der Waals surface area (Å²) in [6.07, 6.45) is 5.74. The van der Waals surface area contributed by atoms with Crippen molar-refractivity contribution in [1.82, 2.24) is 10.2 Å². The highest BCUT2D eigenvalue weighted by Gasteiger charge is 2.37. The number of guanidine groups is 1. The van der Waals surface area contributed by atoms with E-state index in [0.717, 1.165) is 25.5 Å². The summed E-state index contributed by atoms with van der Waals surface area (Å²) in [4.78, 5) is 43.1. The molecule has 5 N–H and O–H groups in total. The predicted octanol–water partition coefficient (Wildman–Crippen LogP) is 1.23. The minimum absolute atomic E-state index is 0.00573. The van der Waals surface area contributed by atoms with Crippen molar-refractivity contribution in [3.8, 4) is 0 Å². The molecule has 31 heavy (non-hydrogen) atoms. The minimum atomic E-state index is -0.602. The number of amides is 2. The Bertz CT molecular complexity index is 749. The second-order valence-electron chi connectivity index (χ2n) is 8.19. The number of nitrogens with two attached hydrogens (primary N) is 2. The fourth-order valence-corrected chi connectivity index (χ4v) is 4.06. The Kier molecular flexibility index (Phi) is 10.00. The van der Waals surface area contributed by atoms with Gasteiger partial charge in [0.15, 0.2) is 5.96 Å². The third-order valence-corrected chi connectivity index (χ3v) is 5.83. The molecule has 1 aromatic carbocycles. The van der Waals surface area contributed by atoms with Crippen LogP contribution in [0.5, 0.6) is 0 Å². The van der Waals surface area contributed by atoms with E-state index in [4.69, 9.17) is 11.5 Å². The number of nitrogens with one attached hydrogen (secondary N) is 1. The molecule has 3 atom stereocenters. The average Bonchev–Trinajstić information content (AvgIpc) is 2.79. The SMILES string of the molecule is CN(CCc1ccccc1)C(=O)[C@@H]1CCCC[C@@H]1C(=O)N[C@@H](C=O)CCCN=C(N)N. The normalized spacial score (nSPS) is 19.1. The number of carbonyl (C=O) groups is 3. The first-order valence-corrected chi connectivity index (χ1v) is 11.0. The Morgan fingerprint density at radius 3 is 2.52 bits per heavy atom. The van der Waals surface area contributed by atoms with Gasteiger partial charge in [-0.3, -0.25) is 14.6 Å². The maximum absolute atomic E-state index is 13.1. The fourth-order valence-electron chi connectivity index (χ4n) is 4.06. The molecular formula is C23H35N5O3. The van der Waals surface area contributed by atoms with Gasteiger partial charge in [0.25, 0.3) is 0 Å². The molecule has 0 aromatic heterocycles. The van der Waals surface area contributed by atoms with Crippen molar-refractivity contribution in [3.05, 3.63) is 35.9 Å². The summed E-state index contributed by atoms with van der Waals surface area (Å²) in [6.45, 7) is 1.01. The number of hydrogen-bond donors (Lipinski definition) is 3.